The van der Waals surface area contributed by atoms with Crippen LogP contribution in [0.1, 0.15) is 87.5 Å². The lowest BCUT2D eigenvalue weighted by Crippen LogP contribution is -2.31. The first-order valence-electron chi connectivity index (χ1n) is 29.1. The molecule has 0 unspecified atom stereocenters. The van der Waals surface area contributed by atoms with Gasteiger partial charge in [-0.1, -0.05) is 23.5 Å². The number of carboxylic acids is 1. The van der Waals surface area contributed by atoms with Gasteiger partial charge in [-0.15, -0.1) is 30.6 Å². The molecule has 0 bridgehead atoms. The summed E-state index contributed by atoms with van der Waals surface area (Å²) in [4.78, 5) is 60.0. The molecule has 0 aliphatic carbocycles. The van der Waals surface area contributed by atoms with Gasteiger partial charge in [-0.25, -0.2) is 23.4 Å². The number of nitrogens with two attached hydrogens (primary N) is 2. The smallest absolute Gasteiger partial charge is 0.355 e. The number of aromatic amines is 2. The number of amidine groups is 1. The zero-order valence-corrected chi connectivity index (χ0v) is 57.3. The molecule has 2 aliphatic heterocycles. The van der Waals surface area contributed by atoms with Crippen LogP contribution in [0.15, 0.2) is 75.1 Å². The number of nitrogens with zero attached hydrogens (tertiary/aromatic N) is 22. The number of aromatic carboxylic acids is 1. The molecule has 0 spiro atoms. The number of rotatable bonds is 13. The van der Waals surface area contributed by atoms with E-state index in [0.29, 0.717) is 104 Å². The summed E-state index contributed by atoms with van der Waals surface area (Å²) in [6.45, 7) is 20.3. The van der Waals surface area contributed by atoms with Gasteiger partial charge >= 0.3 is 17.9 Å². The maximum Gasteiger partial charge on any atom is 0.355 e. The van der Waals surface area contributed by atoms with Crippen LogP contribution in [-0.2, 0) is 47.3 Å². The highest BCUT2D eigenvalue weighted by molar-refractivity contribution is 8.14. The molecule has 35 nitrogen and oxygen atoms in total. The van der Waals surface area contributed by atoms with E-state index in [1.165, 1.54) is 44.7 Å². The van der Waals surface area contributed by atoms with Crippen LogP contribution in [0.3, 0.4) is 0 Å². The van der Waals surface area contributed by atoms with Crippen molar-refractivity contribution < 1.29 is 38.6 Å². The Morgan fingerprint density at radius 1 is 0.642 bits per heavy atom. The number of carbonyl (C=O) groups excluding carboxylic acids is 4. The van der Waals surface area contributed by atoms with Gasteiger partial charge < -0.3 is 36.0 Å². The summed E-state index contributed by atoms with van der Waals surface area (Å²) in [7, 11) is 10.7. The number of nitrogens with one attached hydrogen (secondary N) is 3. The van der Waals surface area contributed by atoms with Crippen LogP contribution < -0.4 is 21.9 Å². The van der Waals surface area contributed by atoms with Crippen molar-refractivity contribution in [1.82, 2.24) is 104 Å². The van der Waals surface area contributed by atoms with Crippen molar-refractivity contribution in [2.24, 2.45) is 49.3 Å². The lowest BCUT2D eigenvalue weighted by molar-refractivity contribution is -0.136. The molecular weight excluding hydrogens is 1290 g/mol. The standard InChI is InChI=1S/C12H15N7O.C12H14N6O2S.C11H18N2.C10H10N6O2.C6H7ClN2O.C6H10N4O2S/c1-7-5-8(15-18(7)4)11-14-13-10-6-9(16-19(10)11)12(20)17(2)3;1-4-20-11(19)9-6-21-12-14-13-10(18(12)16-9)8-5-7(2)17(3)15-8;1-4-13(5-2)10-6-7-11(12)9(3)8-10;1-5-3-6(13-15(5)2)9-12-11-8-4-7(10(17)18)14-16(8)9;1-4-3-5(6(7)10)8-9(4)2;1-2-12-5(11)4-3-13-6(8-7)10-9-4/h5-6,16H,1-4H3;5H,4,6H2,1-3H3;6-8H,4-5,12H2,1-3H3;3-4,14H,1-2H3,(H,17,18);3H,1-2H3;2-3,7H2,1H3,(H,8,10). The van der Waals surface area contributed by atoms with E-state index in [0.717, 1.165) is 47.1 Å². The minimum absolute atomic E-state index is 0.0637. The number of hydrogen-bond acceptors (Lipinski definition) is 25. The Morgan fingerprint density at radius 3 is 1.55 bits per heavy atom. The van der Waals surface area contributed by atoms with E-state index in [1.54, 1.807) is 75.0 Å². The minimum atomic E-state index is -1.04. The SMILES string of the molecule is CCN(CC)c1ccc(N)c(C)c1.CCOC(=O)C1=NNC(=NN)SC1.CCOC(=O)C1=Nn2c(nnc2-c2cc(C)n(C)n2)SC1.Cc1cc(-c2nnc3cc(C(=O)N(C)C)[nH]n23)nn1C.Cc1cc(-c2nnc3cc(C(=O)O)[nH]n23)nn1C.Cc1cc(C(=O)Cl)nn1C. The molecule has 0 atom stereocenters. The number of H-pyrrole nitrogens is 2. The van der Waals surface area contributed by atoms with Gasteiger partial charge in [0.15, 0.2) is 22.7 Å². The summed E-state index contributed by atoms with van der Waals surface area (Å²) in [6.07, 6.45) is 0. The van der Waals surface area contributed by atoms with E-state index in [-0.39, 0.29) is 11.6 Å². The highest BCUT2D eigenvalue weighted by Crippen LogP contribution is 2.28. The van der Waals surface area contributed by atoms with E-state index in [9.17, 15) is 24.0 Å². The summed E-state index contributed by atoms with van der Waals surface area (Å²) in [5.41, 5.74) is 20.1. The molecule has 0 fully saturated rings. The van der Waals surface area contributed by atoms with Gasteiger partial charge in [0, 0.05) is 102 Å². The largest absolute Gasteiger partial charge is 0.477 e. The van der Waals surface area contributed by atoms with Crippen LogP contribution in [-0.4, -0.2) is 201 Å². The number of halogens is 1. The molecule has 10 aromatic rings. The van der Waals surface area contributed by atoms with E-state index >= 15 is 0 Å². The quantitative estimate of drug-likeness (QED) is 0.0297. The van der Waals surface area contributed by atoms with Crippen LogP contribution in [0, 0.1) is 34.6 Å². The third-order valence-corrected chi connectivity index (χ3v) is 15.9. The Morgan fingerprint density at radius 2 is 1.13 bits per heavy atom. The summed E-state index contributed by atoms with van der Waals surface area (Å²) in [5.74, 6) is 5.49. The second-order valence-corrected chi connectivity index (χ2v) is 23.0. The lowest BCUT2D eigenvalue weighted by atomic mass is 10.1. The number of fused-ring (bicyclic) bond motifs is 3. The van der Waals surface area contributed by atoms with E-state index < -0.39 is 23.2 Å². The molecule has 8 N–H and O–H groups in total. The third-order valence-electron chi connectivity index (χ3n) is 13.9. The lowest BCUT2D eigenvalue weighted by Gasteiger charge is -2.21. The van der Waals surface area contributed by atoms with Crippen molar-refractivity contribution in [3.05, 3.63) is 100 Å². The first kappa shape index (κ1) is 71.7. The predicted octanol–water partition coefficient (Wildman–Crippen LogP) is 4.80. The van der Waals surface area contributed by atoms with E-state index in [2.05, 4.69) is 113 Å². The summed E-state index contributed by atoms with van der Waals surface area (Å²) >= 11 is 7.88. The summed E-state index contributed by atoms with van der Waals surface area (Å²) in [6, 6.07) is 16.6. The van der Waals surface area contributed by atoms with Crippen LogP contribution in [0.4, 0.5) is 11.4 Å². The molecule has 0 saturated carbocycles. The summed E-state index contributed by atoms with van der Waals surface area (Å²) in [5, 5.41) is 67.8. The Bertz CT molecular complexity index is 4390. The molecule has 0 radical (unpaired) electrons. The topological polar surface area (TPSA) is 426 Å². The second-order valence-electron chi connectivity index (χ2n) is 20.7. The highest BCUT2D eigenvalue weighted by Gasteiger charge is 2.26. The number of esters is 2. The normalized spacial score (nSPS) is 12.6. The van der Waals surface area contributed by atoms with Crippen molar-refractivity contribution in [3.8, 4) is 34.6 Å². The molecule has 95 heavy (non-hydrogen) atoms. The van der Waals surface area contributed by atoms with E-state index in [4.69, 9.17) is 37.8 Å². The van der Waals surface area contributed by atoms with Crippen LogP contribution in [0.5, 0.6) is 0 Å². The van der Waals surface area contributed by atoms with Crippen LogP contribution >= 0.6 is 35.1 Å². The number of thioether (sulfide) groups is 2. The Balaban J connectivity index is 0.000000164. The van der Waals surface area contributed by atoms with Crippen LogP contribution in [0.25, 0.3) is 45.8 Å². The van der Waals surface area contributed by atoms with Gasteiger partial charge in [0.05, 0.1) is 24.7 Å². The van der Waals surface area contributed by atoms with Crippen molar-refractivity contribution in [3.63, 3.8) is 0 Å². The maximum absolute atomic E-state index is 11.9. The fourth-order valence-corrected chi connectivity index (χ4v) is 9.89. The Kier molecular flexibility index (Phi) is 24.3. The highest BCUT2D eigenvalue weighted by atomic mass is 35.5. The first-order valence-corrected chi connectivity index (χ1v) is 31.5. The van der Waals surface area contributed by atoms with Gasteiger partial charge in [-0.05, 0) is 122 Å². The monoisotopic (exact) mass is 1360 g/mol. The van der Waals surface area contributed by atoms with Crippen molar-refractivity contribution in [2.45, 2.75) is 67.5 Å². The van der Waals surface area contributed by atoms with Gasteiger partial charge in [0.2, 0.25) is 27.8 Å². The van der Waals surface area contributed by atoms with Gasteiger partial charge in [0.1, 0.15) is 34.2 Å². The number of anilines is 2. The van der Waals surface area contributed by atoms with Gasteiger partial charge in [-0.2, -0.15) is 40.4 Å². The number of hydrazone groups is 2. The van der Waals surface area contributed by atoms with Gasteiger partial charge in [-0.3, -0.25) is 43.9 Å². The molecule has 12 rings (SSSR count). The fraction of sp³-hybridized carbons (Fsp3) is 0.368. The third kappa shape index (κ3) is 17.7. The van der Waals surface area contributed by atoms with Crippen molar-refractivity contribution in [2.75, 3.05) is 62.5 Å². The number of carbonyl (C=O) groups is 5. The molecular formula is C57H74ClN27O8S2. The number of amides is 1. The number of aryl methyl sites for hydroxylation is 9. The fourth-order valence-electron chi connectivity index (χ4n) is 8.37. The first-order chi connectivity index (χ1) is 45.2. The number of aromatic nitrogens is 19. The van der Waals surface area contributed by atoms with Crippen LogP contribution in [0.2, 0.25) is 0 Å². The average molecular weight is 1360 g/mol. The molecule has 0 saturated heterocycles. The van der Waals surface area contributed by atoms with Crippen molar-refractivity contribution >= 4 is 103 Å². The zero-order chi connectivity index (χ0) is 69.5. The molecule has 9 aromatic heterocycles. The number of carboxylic acid groups (broad SMARTS) is 1. The van der Waals surface area contributed by atoms with Gasteiger partial charge in [0.25, 0.3) is 11.1 Å². The molecule has 1 amide bonds. The second kappa shape index (κ2) is 32.2. The van der Waals surface area contributed by atoms with Crippen molar-refractivity contribution in [1.29, 1.82) is 0 Å². The van der Waals surface area contributed by atoms with E-state index in [1.807, 2.05) is 80.0 Å². The molecule has 2 aliphatic rings. The Hall–Kier alpha value is -10.7. The zero-order valence-electron chi connectivity index (χ0n) is 54.9. The number of benzene rings is 1. The Labute approximate surface area is 557 Å². The predicted molar refractivity (Wildman–Crippen MR) is 359 cm³/mol. The number of hydrogen-bond donors (Lipinski definition) is 6. The molecule has 38 heteroatoms. The number of nitrogen functional groups attached to an aromatic ring is 1. The molecule has 1 aromatic carbocycles. The average Bonchev–Trinajstić information content (AvgIpc) is 1.65. The molecule has 504 valence electrons. The molecule has 11 heterocycles. The maximum atomic E-state index is 11.9. The summed E-state index contributed by atoms with van der Waals surface area (Å²) < 4.78 is 21.3. The number of ether oxygens (including phenoxy) is 2. The minimum Gasteiger partial charge on any atom is -0.477 e.